The number of morpholine rings is 1. The number of nitrogens with zero attached hydrogens (tertiary/aromatic N) is 2. The highest BCUT2D eigenvalue weighted by atomic mass is 16.5. The van der Waals surface area contributed by atoms with Gasteiger partial charge in [-0.15, -0.1) is 0 Å². The molecule has 0 unspecified atom stereocenters. The first-order chi connectivity index (χ1) is 15.6. The molecule has 5 nitrogen and oxygen atoms in total. The molecule has 2 aliphatic heterocycles. The van der Waals surface area contributed by atoms with Crippen LogP contribution in [0.1, 0.15) is 53.6 Å². The van der Waals surface area contributed by atoms with Gasteiger partial charge in [-0.25, -0.2) is 0 Å². The van der Waals surface area contributed by atoms with E-state index in [1.165, 1.54) is 5.69 Å². The molecule has 2 saturated heterocycles. The minimum absolute atomic E-state index is 0.0880. The average molecular weight is 435 g/mol. The van der Waals surface area contributed by atoms with E-state index in [-0.39, 0.29) is 17.9 Å². The van der Waals surface area contributed by atoms with Gasteiger partial charge in [0.25, 0.3) is 5.91 Å². The number of aryl methyl sites for hydroxylation is 1. The number of rotatable bonds is 3. The smallest absolute Gasteiger partial charge is 0.254 e. The fourth-order valence-electron chi connectivity index (χ4n) is 6.13. The number of fused-ring (bicyclic) bond motifs is 1. The van der Waals surface area contributed by atoms with Gasteiger partial charge in [-0.1, -0.05) is 43.2 Å². The van der Waals surface area contributed by atoms with E-state index in [1.54, 1.807) is 0 Å². The second-order valence-corrected chi connectivity index (χ2v) is 9.60. The molecule has 3 fully saturated rings. The molecular weight excluding hydrogens is 400 g/mol. The maximum atomic E-state index is 13.7. The van der Waals surface area contributed by atoms with Gasteiger partial charge in [-0.05, 0) is 55.5 Å². The first-order valence-corrected chi connectivity index (χ1v) is 12.1. The van der Waals surface area contributed by atoms with Crippen LogP contribution < -0.4 is 4.90 Å². The van der Waals surface area contributed by atoms with Crippen LogP contribution in [0.25, 0.3) is 0 Å². The number of amides is 1. The highest BCUT2D eigenvalue weighted by Gasteiger charge is 2.50. The van der Waals surface area contributed by atoms with Crippen molar-refractivity contribution in [3.8, 4) is 0 Å². The normalized spacial score (nSPS) is 28.3. The molecule has 1 saturated carbocycles. The van der Waals surface area contributed by atoms with E-state index in [0.29, 0.717) is 13.0 Å². The van der Waals surface area contributed by atoms with Crippen LogP contribution in [0.4, 0.5) is 5.69 Å². The predicted octanol–water partition coefficient (Wildman–Crippen LogP) is 4.12. The van der Waals surface area contributed by atoms with Gasteiger partial charge in [0.15, 0.2) is 0 Å². The van der Waals surface area contributed by atoms with Gasteiger partial charge in [0, 0.05) is 42.8 Å². The zero-order valence-electron chi connectivity index (χ0n) is 19.0. The van der Waals surface area contributed by atoms with E-state index < -0.39 is 5.60 Å². The van der Waals surface area contributed by atoms with E-state index in [9.17, 15) is 9.90 Å². The molecule has 5 heteroatoms. The topological polar surface area (TPSA) is 53.0 Å². The fraction of sp³-hybridized carbons (Fsp3) is 0.519. The Balaban J connectivity index is 1.39. The van der Waals surface area contributed by atoms with Gasteiger partial charge < -0.3 is 19.6 Å². The number of hydrogen-bond acceptors (Lipinski definition) is 4. The molecule has 0 spiro atoms. The van der Waals surface area contributed by atoms with Crippen molar-refractivity contribution < 1.29 is 14.6 Å². The van der Waals surface area contributed by atoms with Crippen molar-refractivity contribution in [2.75, 3.05) is 37.7 Å². The summed E-state index contributed by atoms with van der Waals surface area (Å²) in [5.74, 6) is 0.193. The summed E-state index contributed by atoms with van der Waals surface area (Å²) in [6.45, 7) is 5.97. The number of aliphatic hydroxyl groups is 1. The van der Waals surface area contributed by atoms with Gasteiger partial charge in [0.05, 0.1) is 18.8 Å². The number of piperidine rings is 1. The summed E-state index contributed by atoms with van der Waals surface area (Å²) in [6, 6.07) is 16.3. The summed E-state index contributed by atoms with van der Waals surface area (Å²) in [6.07, 6.45) is 4.76. The number of benzene rings is 2. The molecule has 0 radical (unpaired) electrons. The lowest BCUT2D eigenvalue weighted by atomic mass is 9.66. The van der Waals surface area contributed by atoms with Crippen molar-refractivity contribution in [2.45, 2.75) is 50.7 Å². The van der Waals surface area contributed by atoms with Crippen molar-refractivity contribution in [1.29, 1.82) is 0 Å². The largest absolute Gasteiger partial charge is 0.385 e. The predicted molar refractivity (Wildman–Crippen MR) is 126 cm³/mol. The highest BCUT2D eigenvalue weighted by Crippen LogP contribution is 2.47. The van der Waals surface area contributed by atoms with Crippen molar-refractivity contribution in [1.82, 2.24) is 4.90 Å². The van der Waals surface area contributed by atoms with Gasteiger partial charge in [0.2, 0.25) is 0 Å². The van der Waals surface area contributed by atoms with E-state index in [2.05, 4.69) is 22.8 Å². The Labute approximate surface area is 191 Å². The monoisotopic (exact) mass is 434 g/mol. The van der Waals surface area contributed by atoms with E-state index in [1.807, 2.05) is 42.5 Å². The Morgan fingerprint density at radius 2 is 1.78 bits per heavy atom. The van der Waals surface area contributed by atoms with Crippen molar-refractivity contribution in [3.63, 3.8) is 0 Å². The molecule has 3 atom stereocenters. The number of likely N-dealkylation sites (tertiary alicyclic amines) is 1. The zero-order chi connectivity index (χ0) is 22.1. The Kier molecular flexibility index (Phi) is 5.95. The lowest BCUT2D eigenvalue weighted by molar-refractivity contribution is -0.110. The van der Waals surface area contributed by atoms with Crippen LogP contribution in [0.15, 0.2) is 48.5 Å². The molecule has 2 aromatic rings. The first-order valence-electron chi connectivity index (χ1n) is 12.1. The summed E-state index contributed by atoms with van der Waals surface area (Å²) >= 11 is 0. The standard InChI is InChI=1S/C27H34N2O3/c1-20-19-21(11-12-24(20)28-15-17-32-18-16-28)26(30)29-14-13-27(31,22-7-3-2-4-8-22)23-9-5-6-10-25(23)29/h2-4,7-8,11-12,19,23,25,31H,5-6,9-10,13-18H2,1H3/t23-,25+,27+/m0/s1. The molecule has 0 bridgehead atoms. The fourth-order valence-corrected chi connectivity index (χ4v) is 6.13. The molecule has 32 heavy (non-hydrogen) atoms. The van der Waals surface area contributed by atoms with Crippen LogP contribution in [-0.2, 0) is 10.3 Å². The maximum absolute atomic E-state index is 13.7. The molecule has 5 rings (SSSR count). The van der Waals surface area contributed by atoms with Gasteiger partial charge in [-0.2, -0.15) is 0 Å². The first kappa shape index (κ1) is 21.5. The second-order valence-electron chi connectivity index (χ2n) is 9.60. The van der Waals surface area contributed by atoms with Crippen LogP contribution in [0, 0.1) is 12.8 Å². The number of ether oxygens (including phenoxy) is 1. The molecule has 2 heterocycles. The van der Waals surface area contributed by atoms with Gasteiger partial charge in [0.1, 0.15) is 0 Å². The summed E-state index contributed by atoms with van der Waals surface area (Å²) in [5.41, 5.74) is 3.23. The summed E-state index contributed by atoms with van der Waals surface area (Å²) in [4.78, 5) is 18.1. The molecule has 3 aliphatic rings. The lowest BCUT2D eigenvalue weighted by Gasteiger charge is -2.52. The lowest BCUT2D eigenvalue weighted by Crippen LogP contribution is -2.59. The SMILES string of the molecule is Cc1cc(C(=O)N2CC[C@@](O)(c3ccccc3)[C@H]3CCCC[C@H]32)ccc1N1CCOCC1. The Hall–Kier alpha value is -2.37. The quantitative estimate of drug-likeness (QED) is 0.790. The third-order valence-corrected chi connectivity index (χ3v) is 7.81. The van der Waals surface area contributed by atoms with Gasteiger partial charge >= 0.3 is 0 Å². The van der Waals surface area contributed by atoms with Crippen LogP contribution in [-0.4, -0.2) is 54.8 Å². The molecule has 2 aromatic carbocycles. The Morgan fingerprint density at radius 1 is 1.03 bits per heavy atom. The van der Waals surface area contributed by atoms with E-state index in [4.69, 9.17) is 4.74 Å². The van der Waals surface area contributed by atoms with Crippen LogP contribution in [0.3, 0.4) is 0 Å². The minimum Gasteiger partial charge on any atom is -0.385 e. The molecule has 1 aliphatic carbocycles. The minimum atomic E-state index is -0.848. The molecule has 170 valence electrons. The van der Waals surface area contributed by atoms with Crippen molar-refractivity contribution >= 4 is 11.6 Å². The van der Waals surface area contributed by atoms with E-state index in [0.717, 1.165) is 68.7 Å². The number of anilines is 1. The number of hydrogen-bond donors (Lipinski definition) is 1. The summed E-state index contributed by atoms with van der Waals surface area (Å²) in [5, 5.41) is 11.8. The summed E-state index contributed by atoms with van der Waals surface area (Å²) in [7, 11) is 0. The number of carbonyl (C=O) groups is 1. The maximum Gasteiger partial charge on any atom is 0.254 e. The molecular formula is C27H34N2O3. The Morgan fingerprint density at radius 3 is 2.53 bits per heavy atom. The van der Waals surface area contributed by atoms with Crippen LogP contribution in [0.5, 0.6) is 0 Å². The third kappa shape index (κ3) is 3.82. The molecule has 1 amide bonds. The van der Waals surface area contributed by atoms with Crippen LogP contribution >= 0.6 is 0 Å². The highest BCUT2D eigenvalue weighted by molar-refractivity contribution is 5.95. The average Bonchev–Trinajstić information content (AvgIpc) is 2.85. The zero-order valence-corrected chi connectivity index (χ0v) is 19.0. The third-order valence-electron chi connectivity index (χ3n) is 7.81. The number of carbonyl (C=O) groups excluding carboxylic acids is 1. The van der Waals surface area contributed by atoms with Gasteiger partial charge in [-0.3, -0.25) is 4.79 Å². The van der Waals surface area contributed by atoms with Crippen LogP contribution in [0.2, 0.25) is 0 Å². The van der Waals surface area contributed by atoms with Crippen molar-refractivity contribution in [3.05, 3.63) is 65.2 Å². The summed E-state index contributed by atoms with van der Waals surface area (Å²) < 4.78 is 5.48. The second kappa shape index (κ2) is 8.87. The van der Waals surface area contributed by atoms with Crippen molar-refractivity contribution in [2.24, 2.45) is 5.92 Å². The molecule has 1 N–H and O–H groups in total. The van der Waals surface area contributed by atoms with E-state index >= 15 is 0 Å². The molecule has 0 aromatic heterocycles. The Bertz CT molecular complexity index is 957.